The molecule has 0 aliphatic rings. The average Bonchev–Trinajstić information content (AvgIpc) is 3.30. The lowest BCUT2D eigenvalue weighted by Gasteiger charge is -2.28. The average molecular weight is 476 g/mol. The van der Waals surface area contributed by atoms with Gasteiger partial charge in [0.25, 0.3) is 5.91 Å². The highest BCUT2D eigenvalue weighted by Gasteiger charge is 2.23. The standard InChI is InChI=1S/C29H37N3O3/c1-4-5-16-31(22-27-15-10-17-30(27)21-25-12-9-11-24(2)20-25)28(33)23-32(18-19-35-3)29(34)26-13-7-6-8-14-26/h6-15,17,20H,4-5,16,18-19,21-23H2,1-3H3. The molecule has 1 aromatic heterocycles. The van der Waals surface area contributed by atoms with Crippen LogP contribution in [0.15, 0.2) is 72.9 Å². The van der Waals surface area contributed by atoms with Crippen LogP contribution < -0.4 is 0 Å². The molecular weight excluding hydrogens is 438 g/mol. The maximum atomic E-state index is 13.5. The SMILES string of the molecule is CCCCN(Cc1cccn1Cc1cccc(C)c1)C(=O)CN(CCOC)C(=O)c1ccccc1. The normalized spacial score (nSPS) is 10.8. The first-order valence-corrected chi connectivity index (χ1v) is 12.3. The summed E-state index contributed by atoms with van der Waals surface area (Å²) < 4.78 is 7.40. The van der Waals surface area contributed by atoms with E-state index >= 15 is 0 Å². The maximum Gasteiger partial charge on any atom is 0.254 e. The highest BCUT2D eigenvalue weighted by atomic mass is 16.5. The molecule has 0 saturated heterocycles. The summed E-state index contributed by atoms with van der Waals surface area (Å²) >= 11 is 0. The summed E-state index contributed by atoms with van der Waals surface area (Å²) in [6.45, 7) is 6.90. The van der Waals surface area contributed by atoms with E-state index in [0.717, 1.165) is 25.1 Å². The van der Waals surface area contributed by atoms with Gasteiger partial charge in [0.15, 0.2) is 0 Å². The summed E-state index contributed by atoms with van der Waals surface area (Å²) in [5, 5.41) is 0. The van der Waals surface area contributed by atoms with Gasteiger partial charge < -0.3 is 19.1 Å². The molecular formula is C29H37N3O3. The Morgan fingerprint density at radius 1 is 0.943 bits per heavy atom. The Hall–Kier alpha value is -3.38. The molecule has 186 valence electrons. The molecule has 0 aliphatic carbocycles. The maximum absolute atomic E-state index is 13.5. The number of amides is 2. The lowest BCUT2D eigenvalue weighted by molar-refractivity contribution is -0.132. The van der Waals surface area contributed by atoms with E-state index in [-0.39, 0.29) is 18.4 Å². The van der Waals surface area contributed by atoms with Gasteiger partial charge in [-0.3, -0.25) is 9.59 Å². The van der Waals surface area contributed by atoms with E-state index in [4.69, 9.17) is 4.74 Å². The van der Waals surface area contributed by atoms with Gasteiger partial charge in [-0.05, 0) is 43.2 Å². The Labute approximate surface area is 209 Å². The van der Waals surface area contributed by atoms with Crippen LogP contribution in [0.5, 0.6) is 0 Å². The van der Waals surface area contributed by atoms with Crippen molar-refractivity contribution >= 4 is 11.8 Å². The van der Waals surface area contributed by atoms with Gasteiger partial charge in [0.2, 0.25) is 5.91 Å². The number of carbonyl (C=O) groups excluding carboxylic acids is 2. The Morgan fingerprint density at radius 3 is 2.46 bits per heavy atom. The number of benzene rings is 2. The van der Waals surface area contributed by atoms with E-state index < -0.39 is 0 Å². The molecule has 2 amide bonds. The largest absolute Gasteiger partial charge is 0.383 e. The van der Waals surface area contributed by atoms with Crippen molar-refractivity contribution in [1.82, 2.24) is 14.4 Å². The molecule has 1 heterocycles. The van der Waals surface area contributed by atoms with Crippen molar-refractivity contribution in [2.75, 3.05) is 33.4 Å². The zero-order valence-electron chi connectivity index (χ0n) is 21.2. The second-order valence-electron chi connectivity index (χ2n) is 8.87. The third-order valence-electron chi connectivity index (χ3n) is 6.05. The minimum Gasteiger partial charge on any atom is -0.383 e. The van der Waals surface area contributed by atoms with Crippen molar-refractivity contribution < 1.29 is 14.3 Å². The topological polar surface area (TPSA) is 54.8 Å². The fourth-order valence-electron chi connectivity index (χ4n) is 4.07. The van der Waals surface area contributed by atoms with Crippen molar-refractivity contribution in [3.63, 3.8) is 0 Å². The number of carbonyl (C=O) groups is 2. The van der Waals surface area contributed by atoms with Crippen LogP contribution in [0.2, 0.25) is 0 Å². The Kier molecular flexibility index (Phi) is 10.1. The van der Waals surface area contributed by atoms with Crippen molar-refractivity contribution in [3.05, 3.63) is 95.3 Å². The van der Waals surface area contributed by atoms with E-state index in [1.165, 1.54) is 11.1 Å². The lowest BCUT2D eigenvalue weighted by atomic mass is 10.1. The Bertz CT molecular complexity index is 1080. The van der Waals surface area contributed by atoms with Crippen LogP contribution in [0.25, 0.3) is 0 Å². The molecule has 6 nitrogen and oxygen atoms in total. The van der Waals surface area contributed by atoms with Gasteiger partial charge in [-0.1, -0.05) is 61.4 Å². The molecule has 35 heavy (non-hydrogen) atoms. The van der Waals surface area contributed by atoms with Crippen LogP contribution in [0.4, 0.5) is 0 Å². The Morgan fingerprint density at radius 2 is 1.74 bits per heavy atom. The second kappa shape index (κ2) is 13.5. The van der Waals surface area contributed by atoms with Gasteiger partial charge >= 0.3 is 0 Å². The summed E-state index contributed by atoms with van der Waals surface area (Å²) in [6, 6.07) is 21.7. The number of hydrogen-bond donors (Lipinski definition) is 0. The van der Waals surface area contributed by atoms with Crippen molar-refractivity contribution in [3.8, 4) is 0 Å². The molecule has 0 radical (unpaired) electrons. The molecule has 0 unspecified atom stereocenters. The van der Waals surface area contributed by atoms with Gasteiger partial charge in [0, 0.05) is 44.2 Å². The smallest absolute Gasteiger partial charge is 0.254 e. The van der Waals surface area contributed by atoms with Gasteiger partial charge in [-0.2, -0.15) is 0 Å². The number of nitrogens with zero attached hydrogens (tertiary/aromatic N) is 3. The minimum atomic E-state index is -0.158. The molecule has 3 rings (SSSR count). The molecule has 0 spiro atoms. The van der Waals surface area contributed by atoms with Crippen LogP contribution in [-0.4, -0.2) is 59.5 Å². The molecule has 3 aromatic rings. The van der Waals surface area contributed by atoms with Crippen LogP contribution in [-0.2, 0) is 22.6 Å². The number of rotatable bonds is 13. The molecule has 0 atom stereocenters. The van der Waals surface area contributed by atoms with Crippen LogP contribution >= 0.6 is 0 Å². The van der Waals surface area contributed by atoms with Gasteiger partial charge in [-0.15, -0.1) is 0 Å². The van der Waals surface area contributed by atoms with Crippen LogP contribution in [0, 0.1) is 6.92 Å². The van der Waals surface area contributed by atoms with Crippen LogP contribution in [0.3, 0.4) is 0 Å². The van der Waals surface area contributed by atoms with E-state index in [1.807, 2.05) is 29.2 Å². The highest BCUT2D eigenvalue weighted by Crippen LogP contribution is 2.14. The summed E-state index contributed by atoms with van der Waals surface area (Å²) in [5.74, 6) is -0.212. The van der Waals surface area contributed by atoms with Crippen LogP contribution in [0.1, 0.15) is 46.9 Å². The summed E-state index contributed by atoms with van der Waals surface area (Å²) in [6.07, 6.45) is 3.96. The van der Waals surface area contributed by atoms with E-state index in [2.05, 4.69) is 54.9 Å². The first kappa shape index (κ1) is 26.2. The third kappa shape index (κ3) is 7.82. The molecule has 0 N–H and O–H groups in total. The zero-order valence-corrected chi connectivity index (χ0v) is 21.2. The third-order valence-corrected chi connectivity index (χ3v) is 6.05. The fourth-order valence-corrected chi connectivity index (χ4v) is 4.07. The number of hydrogen-bond acceptors (Lipinski definition) is 3. The predicted octanol–water partition coefficient (Wildman–Crippen LogP) is 4.76. The predicted molar refractivity (Wildman–Crippen MR) is 139 cm³/mol. The number of unbranched alkanes of at least 4 members (excludes halogenated alkanes) is 1. The molecule has 0 fully saturated rings. The highest BCUT2D eigenvalue weighted by molar-refractivity contribution is 5.96. The summed E-state index contributed by atoms with van der Waals surface area (Å²) in [5.41, 5.74) is 4.11. The summed E-state index contributed by atoms with van der Waals surface area (Å²) in [4.78, 5) is 30.1. The van der Waals surface area contributed by atoms with E-state index in [9.17, 15) is 9.59 Å². The first-order valence-electron chi connectivity index (χ1n) is 12.3. The Balaban J connectivity index is 1.75. The zero-order chi connectivity index (χ0) is 25.0. The lowest BCUT2D eigenvalue weighted by Crippen LogP contribution is -2.44. The van der Waals surface area contributed by atoms with Gasteiger partial charge in [0.1, 0.15) is 6.54 Å². The number of aryl methyl sites for hydroxylation is 1. The molecule has 0 aliphatic heterocycles. The van der Waals surface area contributed by atoms with Crippen molar-refractivity contribution in [1.29, 1.82) is 0 Å². The van der Waals surface area contributed by atoms with Gasteiger partial charge in [-0.25, -0.2) is 0 Å². The summed E-state index contributed by atoms with van der Waals surface area (Å²) in [7, 11) is 1.60. The first-order chi connectivity index (χ1) is 17.0. The number of ether oxygens (including phenoxy) is 1. The molecule has 0 bridgehead atoms. The molecule has 6 heteroatoms. The van der Waals surface area contributed by atoms with E-state index in [1.54, 1.807) is 24.1 Å². The molecule has 2 aromatic carbocycles. The minimum absolute atomic E-state index is 0.0272. The number of aromatic nitrogens is 1. The van der Waals surface area contributed by atoms with E-state index in [0.29, 0.717) is 31.8 Å². The number of methoxy groups -OCH3 is 1. The molecule has 0 saturated carbocycles. The van der Waals surface area contributed by atoms with Crippen molar-refractivity contribution in [2.45, 2.75) is 39.8 Å². The monoisotopic (exact) mass is 475 g/mol. The van der Waals surface area contributed by atoms with Crippen molar-refractivity contribution in [2.24, 2.45) is 0 Å². The fraction of sp³-hybridized carbons (Fsp3) is 0.379. The van der Waals surface area contributed by atoms with Gasteiger partial charge in [0.05, 0.1) is 13.2 Å². The second-order valence-corrected chi connectivity index (χ2v) is 8.87. The quantitative estimate of drug-likeness (QED) is 0.358.